The average Bonchev–Trinajstić information content (AvgIpc) is 1.86. The zero-order chi connectivity index (χ0) is 7.98. The van der Waals surface area contributed by atoms with Crippen LogP contribution in [0.1, 0.15) is 33.1 Å². The van der Waals surface area contributed by atoms with Gasteiger partial charge in [-0.2, -0.15) is 0 Å². The summed E-state index contributed by atoms with van der Waals surface area (Å²) in [7, 11) is 0. The smallest absolute Gasteiger partial charge is 0.127 e. The molecule has 1 nitrogen and oxygen atoms in total. The second-order valence-corrected chi connectivity index (χ2v) is 3.24. The molecule has 0 spiro atoms. The molecule has 0 saturated carbocycles. The summed E-state index contributed by atoms with van der Waals surface area (Å²) >= 11 is 3.06. The maximum absolute atomic E-state index is 8.92. The fraction of sp³-hybridized carbons (Fsp3) is 0.750. The molecule has 0 aliphatic heterocycles. The summed E-state index contributed by atoms with van der Waals surface area (Å²) < 4.78 is 0. The van der Waals surface area contributed by atoms with E-state index in [1.54, 1.807) is 0 Å². The average molecular weight is 207 g/mol. The van der Waals surface area contributed by atoms with E-state index in [2.05, 4.69) is 29.8 Å². The van der Waals surface area contributed by atoms with Gasteiger partial charge in [0.2, 0.25) is 0 Å². The van der Waals surface area contributed by atoms with Crippen LogP contribution in [0.3, 0.4) is 0 Å². The SMILES string of the molecule is CCCC(=CC(O)Br)CC. The van der Waals surface area contributed by atoms with Gasteiger partial charge in [-0.25, -0.2) is 0 Å². The van der Waals surface area contributed by atoms with E-state index < -0.39 is 5.01 Å². The molecule has 1 atom stereocenters. The van der Waals surface area contributed by atoms with Gasteiger partial charge in [0.25, 0.3) is 0 Å². The summed E-state index contributed by atoms with van der Waals surface area (Å²) in [5, 5.41) is 8.46. The van der Waals surface area contributed by atoms with Gasteiger partial charge < -0.3 is 5.11 Å². The Morgan fingerprint density at radius 1 is 1.60 bits per heavy atom. The fourth-order valence-corrected chi connectivity index (χ4v) is 1.27. The zero-order valence-corrected chi connectivity index (χ0v) is 8.19. The molecule has 0 aromatic carbocycles. The summed E-state index contributed by atoms with van der Waals surface area (Å²) in [6, 6.07) is 0. The molecule has 1 N–H and O–H groups in total. The van der Waals surface area contributed by atoms with Crippen molar-refractivity contribution in [2.24, 2.45) is 0 Å². The maximum Gasteiger partial charge on any atom is 0.127 e. The quantitative estimate of drug-likeness (QED) is 0.555. The first kappa shape index (κ1) is 10.2. The van der Waals surface area contributed by atoms with Crippen LogP contribution in [-0.4, -0.2) is 10.1 Å². The monoisotopic (exact) mass is 206 g/mol. The molecule has 2 heteroatoms. The molecule has 0 fully saturated rings. The highest BCUT2D eigenvalue weighted by molar-refractivity contribution is 9.09. The van der Waals surface area contributed by atoms with Gasteiger partial charge in [0.15, 0.2) is 0 Å². The van der Waals surface area contributed by atoms with Crippen molar-refractivity contribution in [1.82, 2.24) is 0 Å². The first-order valence-electron chi connectivity index (χ1n) is 3.72. The van der Waals surface area contributed by atoms with Crippen LogP contribution in [0.25, 0.3) is 0 Å². The molecule has 0 bridgehead atoms. The predicted molar refractivity (Wildman–Crippen MR) is 48.2 cm³/mol. The van der Waals surface area contributed by atoms with Gasteiger partial charge in [-0.15, -0.1) is 0 Å². The van der Waals surface area contributed by atoms with Crippen molar-refractivity contribution in [2.75, 3.05) is 0 Å². The highest BCUT2D eigenvalue weighted by Crippen LogP contribution is 2.11. The van der Waals surface area contributed by atoms with E-state index in [4.69, 9.17) is 5.11 Å². The lowest BCUT2D eigenvalue weighted by molar-refractivity contribution is 0.314. The Morgan fingerprint density at radius 3 is 2.50 bits per heavy atom. The van der Waals surface area contributed by atoms with Crippen LogP contribution < -0.4 is 0 Å². The summed E-state index contributed by atoms with van der Waals surface area (Å²) in [5.41, 5.74) is 1.33. The highest BCUT2D eigenvalue weighted by atomic mass is 79.9. The molecule has 0 aliphatic carbocycles. The van der Waals surface area contributed by atoms with Crippen molar-refractivity contribution in [1.29, 1.82) is 0 Å². The van der Waals surface area contributed by atoms with E-state index in [0.717, 1.165) is 19.3 Å². The molecule has 0 rings (SSSR count). The summed E-state index contributed by atoms with van der Waals surface area (Å²) in [4.78, 5) is 0. The number of aliphatic hydroxyl groups excluding tert-OH is 1. The van der Waals surface area contributed by atoms with Crippen molar-refractivity contribution in [2.45, 2.75) is 38.1 Å². The molecule has 0 amide bonds. The van der Waals surface area contributed by atoms with Gasteiger partial charge in [-0.3, -0.25) is 0 Å². The van der Waals surface area contributed by atoms with Gasteiger partial charge in [0.1, 0.15) is 5.01 Å². The lowest BCUT2D eigenvalue weighted by Gasteiger charge is -2.02. The fourth-order valence-electron chi connectivity index (χ4n) is 0.894. The van der Waals surface area contributed by atoms with Crippen LogP contribution >= 0.6 is 15.9 Å². The first-order chi connectivity index (χ1) is 4.70. The minimum Gasteiger partial charge on any atom is -0.378 e. The zero-order valence-electron chi connectivity index (χ0n) is 6.60. The number of halogens is 1. The predicted octanol–water partition coefficient (Wildman–Crippen LogP) is 2.84. The Balaban J connectivity index is 3.78. The Hall–Kier alpha value is 0.180. The Labute approximate surface area is 71.3 Å². The van der Waals surface area contributed by atoms with Crippen molar-refractivity contribution in [3.05, 3.63) is 11.6 Å². The molecule has 0 aromatic heterocycles. The van der Waals surface area contributed by atoms with Crippen molar-refractivity contribution in [3.63, 3.8) is 0 Å². The molecule has 0 radical (unpaired) electrons. The minimum absolute atomic E-state index is 0.464. The molecule has 0 aromatic rings. The molecule has 60 valence electrons. The number of allylic oxidation sites excluding steroid dienone is 1. The van der Waals surface area contributed by atoms with Gasteiger partial charge in [0.05, 0.1) is 0 Å². The summed E-state index contributed by atoms with van der Waals surface area (Å²) in [6.07, 6.45) is 5.15. The lowest BCUT2D eigenvalue weighted by Crippen LogP contribution is -1.91. The van der Waals surface area contributed by atoms with Crippen LogP contribution in [-0.2, 0) is 0 Å². The second-order valence-electron chi connectivity index (χ2n) is 2.30. The van der Waals surface area contributed by atoms with E-state index in [-0.39, 0.29) is 0 Å². The summed E-state index contributed by atoms with van der Waals surface area (Å²) in [6.45, 7) is 4.25. The van der Waals surface area contributed by atoms with Gasteiger partial charge in [-0.05, 0) is 18.9 Å². The Bertz CT molecular complexity index is 108. The molecule has 10 heavy (non-hydrogen) atoms. The number of alkyl halides is 1. The van der Waals surface area contributed by atoms with Crippen LogP contribution in [0.15, 0.2) is 11.6 Å². The largest absolute Gasteiger partial charge is 0.378 e. The third-order valence-electron chi connectivity index (χ3n) is 1.40. The molecule has 1 unspecified atom stereocenters. The third-order valence-corrected chi connectivity index (χ3v) is 1.66. The van der Waals surface area contributed by atoms with Crippen molar-refractivity contribution < 1.29 is 5.11 Å². The Morgan fingerprint density at radius 2 is 2.20 bits per heavy atom. The summed E-state index contributed by atoms with van der Waals surface area (Å²) in [5.74, 6) is 0. The lowest BCUT2D eigenvalue weighted by atomic mass is 10.1. The number of rotatable bonds is 4. The van der Waals surface area contributed by atoms with Crippen LogP contribution in [0.5, 0.6) is 0 Å². The molecule has 0 heterocycles. The van der Waals surface area contributed by atoms with E-state index in [0.29, 0.717) is 0 Å². The van der Waals surface area contributed by atoms with E-state index in [1.165, 1.54) is 5.57 Å². The topological polar surface area (TPSA) is 20.2 Å². The molecule has 0 aliphatic rings. The van der Waals surface area contributed by atoms with Crippen LogP contribution in [0.4, 0.5) is 0 Å². The number of hydrogen-bond acceptors (Lipinski definition) is 1. The number of hydrogen-bond donors (Lipinski definition) is 1. The van der Waals surface area contributed by atoms with Crippen molar-refractivity contribution in [3.8, 4) is 0 Å². The molecule has 0 saturated heterocycles. The molecular formula is C8H15BrO. The highest BCUT2D eigenvalue weighted by Gasteiger charge is 1.95. The minimum atomic E-state index is -0.464. The van der Waals surface area contributed by atoms with E-state index in [9.17, 15) is 0 Å². The van der Waals surface area contributed by atoms with Gasteiger partial charge in [0, 0.05) is 0 Å². The van der Waals surface area contributed by atoms with Gasteiger partial charge >= 0.3 is 0 Å². The second kappa shape index (κ2) is 5.93. The van der Waals surface area contributed by atoms with E-state index in [1.807, 2.05) is 6.08 Å². The number of aliphatic hydroxyl groups is 1. The Kier molecular flexibility index (Phi) is 6.03. The van der Waals surface area contributed by atoms with Crippen LogP contribution in [0.2, 0.25) is 0 Å². The van der Waals surface area contributed by atoms with Gasteiger partial charge in [-0.1, -0.05) is 41.8 Å². The van der Waals surface area contributed by atoms with Crippen LogP contribution in [0, 0.1) is 0 Å². The normalized spacial score (nSPS) is 15.4. The van der Waals surface area contributed by atoms with Crippen molar-refractivity contribution >= 4 is 15.9 Å². The maximum atomic E-state index is 8.92. The molecular weight excluding hydrogens is 192 g/mol. The standard InChI is InChI=1S/C8H15BrO/c1-3-5-7(4-2)6-8(9)10/h6,8,10H,3-5H2,1-2H3. The first-order valence-corrected chi connectivity index (χ1v) is 4.64. The third kappa shape index (κ3) is 5.00. The van der Waals surface area contributed by atoms with E-state index >= 15 is 0 Å².